The second-order valence-corrected chi connectivity index (χ2v) is 7.72. The lowest BCUT2D eigenvalue weighted by molar-refractivity contribution is 0.101. The molecule has 0 bridgehead atoms. The van der Waals surface area contributed by atoms with Gasteiger partial charge in [-0.15, -0.1) is 5.10 Å². The first-order chi connectivity index (χ1) is 16.1. The average Bonchev–Trinajstić information content (AvgIpc) is 3.30. The first-order valence-electron chi connectivity index (χ1n) is 10.6. The van der Waals surface area contributed by atoms with Crippen LogP contribution in [-0.2, 0) is 0 Å². The summed E-state index contributed by atoms with van der Waals surface area (Å²) in [6.45, 7) is 2.03. The van der Waals surface area contributed by atoms with Crippen LogP contribution in [0.25, 0.3) is 27.8 Å². The molecule has 0 radical (unpaired) electrons. The quantitative estimate of drug-likeness (QED) is 0.388. The van der Waals surface area contributed by atoms with Gasteiger partial charge in [-0.3, -0.25) is 4.79 Å². The Bertz CT molecular complexity index is 1430. The minimum atomic E-state index is -0.369. The summed E-state index contributed by atoms with van der Waals surface area (Å²) in [4.78, 5) is 17.8. The summed E-state index contributed by atoms with van der Waals surface area (Å²) in [6, 6.07) is 29.2. The van der Waals surface area contributed by atoms with Crippen molar-refractivity contribution in [2.24, 2.45) is 0 Å². The van der Waals surface area contributed by atoms with Gasteiger partial charge in [0.05, 0.1) is 12.8 Å². The zero-order valence-corrected chi connectivity index (χ0v) is 18.3. The second kappa shape index (κ2) is 8.59. The highest BCUT2D eigenvalue weighted by Gasteiger charge is 2.19. The molecule has 0 aliphatic carbocycles. The second-order valence-electron chi connectivity index (χ2n) is 7.72. The number of methoxy groups -OCH3 is 1. The standard InChI is InChI=1S/C27H22N4O2/c1-18-10-12-20(13-11-18)26-29-25(30-31(26)21-14-16-22(33-2)17-15-21)27(32)28-24-9-5-7-19-6-3-4-8-23(19)24/h3-17H,1-2H3,(H,28,32). The molecule has 0 aliphatic heterocycles. The van der Waals surface area contributed by atoms with Crippen LogP contribution >= 0.6 is 0 Å². The van der Waals surface area contributed by atoms with Crippen LogP contribution in [0, 0.1) is 6.92 Å². The molecule has 1 N–H and O–H groups in total. The Hall–Kier alpha value is -4.45. The topological polar surface area (TPSA) is 69.0 Å². The van der Waals surface area contributed by atoms with Crippen LogP contribution in [0.5, 0.6) is 5.75 Å². The van der Waals surface area contributed by atoms with Gasteiger partial charge in [0, 0.05) is 16.6 Å². The predicted molar refractivity (Wildman–Crippen MR) is 130 cm³/mol. The fraction of sp³-hybridized carbons (Fsp3) is 0.0741. The molecule has 0 spiro atoms. The maximum atomic E-state index is 13.2. The van der Waals surface area contributed by atoms with Gasteiger partial charge in [-0.25, -0.2) is 9.67 Å². The summed E-state index contributed by atoms with van der Waals surface area (Å²) < 4.78 is 6.95. The molecule has 0 saturated carbocycles. The van der Waals surface area contributed by atoms with Crippen LogP contribution in [0.4, 0.5) is 5.69 Å². The number of anilines is 1. The zero-order chi connectivity index (χ0) is 22.8. The maximum absolute atomic E-state index is 13.2. The average molecular weight is 434 g/mol. The molecule has 162 valence electrons. The number of carbonyl (C=O) groups is 1. The number of fused-ring (bicyclic) bond motifs is 1. The summed E-state index contributed by atoms with van der Waals surface area (Å²) >= 11 is 0. The molecule has 33 heavy (non-hydrogen) atoms. The Kier molecular flexibility index (Phi) is 5.32. The molecule has 0 saturated heterocycles. The van der Waals surface area contributed by atoms with Gasteiger partial charge in [0.15, 0.2) is 5.82 Å². The number of ether oxygens (including phenoxy) is 1. The molecule has 1 heterocycles. The fourth-order valence-corrected chi connectivity index (χ4v) is 3.71. The van der Waals surface area contributed by atoms with E-state index in [1.807, 2.05) is 97.9 Å². The third-order valence-corrected chi connectivity index (χ3v) is 5.47. The van der Waals surface area contributed by atoms with Crippen LogP contribution in [-0.4, -0.2) is 27.8 Å². The van der Waals surface area contributed by atoms with Gasteiger partial charge in [-0.1, -0.05) is 66.2 Å². The van der Waals surface area contributed by atoms with E-state index in [0.717, 1.165) is 39.0 Å². The van der Waals surface area contributed by atoms with E-state index >= 15 is 0 Å². The first kappa shape index (κ1) is 20.5. The number of nitrogens with zero attached hydrogens (tertiary/aromatic N) is 3. The molecule has 0 fully saturated rings. The van der Waals surface area contributed by atoms with Crippen molar-refractivity contribution in [3.05, 3.63) is 102 Å². The maximum Gasteiger partial charge on any atom is 0.295 e. The summed E-state index contributed by atoms with van der Waals surface area (Å²) in [5, 5.41) is 9.55. The van der Waals surface area contributed by atoms with Crippen LogP contribution in [0.15, 0.2) is 91.0 Å². The smallest absolute Gasteiger partial charge is 0.295 e. The van der Waals surface area contributed by atoms with Crippen LogP contribution in [0.3, 0.4) is 0 Å². The van der Waals surface area contributed by atoms with E-state index < -0.39 is 0 Å². The highest BCUT2D eigenvalue weighted by Crippen LogP contribution is 2.26. The third kappa shape index (κ3) is 4.06. The lowest BCUT2D eigenvalue weighted by Crippen LogP contribution is -2.14. The summed E-state index contributed by atoms with van der Waals surface area (Å²) in [6.07, 6.45) is 0. The number of amides is 1. The molecule has 6 nitrogen and oxygen atoms in total. The van der Waals surface area contributed by atoms with E-state index in [2.05, 4.69) is 15.4 Å². The molecular weight excluding hydrogens is 412 g/mol. The van der Waals surface area contributed by atoms with Crippen LogP contribution in [0.1, 0.15) is 16.2 Å². The van der Waals surface area contributed by atoms with Crippen LogP contribution in [0.2, 0.25) is 0 Å². The van der Waals surface area contributed by atoms with Crippen molar-refractivity contribution in [2.75, 3.05) is 12.4 Å². The largest absolute Gasteiger partial charge is 0.497 e. The molecule has 1 aromatic heterocycles. The SMILES string of the molecule is COc1ccc(-n2nc(C(=O)Nc3cccc4ccccc34)nc2-c2ccc(C)cc2)cc1. The van der Waals surface area contributed by atoms with Gasteiger partial charge in [-0.2, -0.15) is 0 Å². The Morgan fingerprint density at radius 2 is 1.61 bits per heavy atom. The molecule has 5 aromatic rings. The van der Waals surface area contributed by atoms with Crippen molar-refractivity contribution in [1.29, 1.82) is 0 Å². The number of hydrogen-bond acceptors (Lipinski definition) is 4. The molecule has 0 aliphatic rings. The molecule has 0 unspecified atom stereocenters. The summed E-state index contributed by atoms with van der Waals surface area (Å²) in [5.41, 5.74) is 3.51. The summed E-state index contributed by atoms with van der Waals surface area (Å²) in [7, 11) is 1.62. The van der Waals surface area contributed by atoms with Gasteiger partial charge in [-0.05, 0) is 42.6 Å². The molecule has 0 atom stereocenters. The number of carbonyl (C=O) groups excluding carboxylic acids is 1. The first-order valence-corrected chi connectivity index (χ1v) is 10.6. The number of benzene rings is 4. The molecule has 5 rings (SSSR count). The van der Waals surface area contributed by atoms with Crippen LogP contribution < -0.4 is 10.1 Å². The number of aromatic nitrogens is 3. The van der Waals surface area contributed by atoms with Crippen molar-refractivity contribution in [3.8, 4) is 22.8 Å². The van der Waals surface area contributed by atoms with E-state index in [9.17, 15) is 4.79 Å². The van der Waals surface area contributed by atoms with E-state index in [1.54, 1.807) is 11.8 Å². The van der Waals surface area contributed by atoms with Gasteiger partial charge in [0.1, 0.15) is 5.75 Å². The number of hydrogen-bond donors (Lipinski definition) is 1. The third-order valence-electron chi connectivity index (χ3n) is 5.47. The molecule has 4 aromatic carbocycles. The van der Waals surface area contributed by atoms with Crippen molar-refractivity contribution in [2.45, 2.75) is 6.92 Å². The highest BCUT2D eigenvalue weighted by molar-refractivity contribution is 6.07. The van der Waals surface area contributed by atoms with Crippen molar-refractivity contribution < 1.29 is 9.53 Å². The molecular formula is C27H22N4O2. The van der Waals surface area contributed by atoms with Crippen molar-refractivity contribution >= 4 is 22.4 Å². The Morgan fingerprint density at radius 1 is 0.879 bits per heavy atom. The van der Waals surface area contributed by atoms with Gasteiger partial charge in [0.2, 0.25) is 5.82 Å². The van der Waals surface area contributed by atoms with E-state index in [0.29, 0.717) is 5.82 Å². The number of aryl methyl sites for hydroxylation is 1. The number of nitrogens with one attached hydrogen (secondary N) is 1. The van der Waals surface area contributed by atoms with E-state index in [4.69, 9.17) is 4.74 Å². The van der Waals surface area contributed by atoms with Gasteiger partial charge < -0.3 is 10.1 Å². The fourth-order valence-electron chi connectivity index (χ4n) is 3.71. The summed E-state index contributed by atoms with van der Waals surface area (Å²) in [5.74, 6) is 1.05. The molecule has 1 amide bonds. The Morgan fingerprint density at radius 3 is 2.36 bits per heavy atom. The predicted octanol–water partition coefficient (Wildman–Crippen LogP) is 5.66. The zero-order valence-electron chi connectivity index (χ0n) is 18.3. The highest BCUT2D eigenvalue weighted by atomic mass is 16.5. The van der Waals surface area contributed by atoms with Gasteiger partial charge >= 0.3 is 0 Å². The van der Waals surface area contributed by atoms with Crippen molar-refractivity contribution in [1.82, 2.24) is 14.8 Å². The number of rotatable bonds is 5. The normalized spacial score (nSPS) is 10.8. The lowest BCUT2D eigenvalue weighted by atomic mass is 10.1. The van der Waals surface area contributed by atoms with Gasteiger partial charge in [0.25, 0.3) is 5.91 Å². The Balaban J connectivity index is 1.55. The minimum absolute atomic E-state index is 0.0920. The minimum Gasteiger partial charge on any atom is -0.497 e. The van der Waals surface area contributed by atoms with E-state index in [1.165, 1.54) is 0 Å². The monoisotopic (exact) mass is 434 g/mol. The lowest BCUT2D eigenvalue weighted by Gasteiger charge is -2.07. The molecule has 6 heteroatoms. The Labute approximate surface area is 191 Å². The van der Waals surface area contributed by atoms with E-state index in [-0.39, 0.29) is 11.7 Å². The van der Waals surface area contributed by atoms with Crippen molar-refractivity contribution in [3.63, 3.8) is 0 Å².